The van der Waals surface area contributed by atoms with Crippen LogP contribution in [0.3, 0.4) is 0 Å². The van der Waals surface area contributed by atoms with Gasteiger partial charge in [-0.25, -0.2) is 12.7 Å². The number of carbonyl (C=O) groups excluding carboxylic acids is 1. The van der Waals surface area contributed by atoms with Crippen LogP contribution in [0.2, 0.25) is 25.7 Å². The van der Waals surface area contributed by atoms with Crippen molar-refractivity contribution in [3.8, 4) is 28.8 Å². The summed E-state index contributed by atoms with van der Waals surface area (Å²) in [6.07, 6.45) is 1.91. The molecule has 2 aromatic heterocycles. The van der Waals surface area contributed by atoms with E-state index in [0.29, 0.717) is 53.6 Å². The van der Waals surface area contributed by atoms with Gasteiger partial charge < -0.3 is 23.5 Å². The predicted octanol–water partition coefficient (Wildman–Crippen LogP) is 4.74. The first-order valence-electron chi connectivity index (χ1n) is 14.9. The zero-order chi connectivity index (χ0) is 32.2. The van der Waals surface area contributed by atoms with E-state index in [1.165, 1.54) is 18.5 Å². The molecule has 0 spiro atoms. The quantitative estimate of drug-likeness (QED) is 0.228. The summed E-state index contributed by atoms with van der Waals surface area (Å²) in [5.74, 6) is 2.26. The molecule has 242 valence electrons. The molecule has 1 unspecified atom stereocenters. The molecule has 12 nitrogen and oxygen atoms in total. The summed E-state index contributed by atoms with van der Waals surface area (Å²) in [5.41, 5.74) is 0.439. The molecule has 14 heteroatoms. The smallest absolute Gasteiger partial charge is 0.246 e. The van der Waals surface area contributed by atoms with E-state index in [2.05, 4.69) is 29.8 Å². The fourth-order valence-corrected chi connectivity index (χ4v) is 7.92. The van der Waals surface area contributed by atoms with Crippen molar-refractivity contribution in [3.63, 3.8) is 0 Å². The summed E-state index contributed by atoms with van der Waals surface area (Å²) in [6.45, 7) is 10.6. The second-order valence-corrected chi connectivity index (χ2v) is 20.3. The van der Waals surface area contributed by atoms with Gasteiger partial charge in [0.25, 0.3) is 0 Å². The molecule has 2 atom stereocenters. The number of methoxy groups -OCH3 is 3. The molecule has 1 fully saturated rings. The molecule has 1 amide bonds. The maximum atomic E-state index is 14.6. The number of hydrogen-bond donors (Lipinski definition) is 0. The number of aromatic nitrogens is 3. The Balaban J connectivity index is 1.90. The van der Waals surface area contributed by atoms with Crippen LogP contribution in [0.15, 0.2) is 34.7 Å². The minimum atomic E-state index is -4.09. The van der Waals surface area contributed by atoms with Gasteiger partial charge in [0.15, 0.2) is 5.76 Å². The number of likely N-dealkylation sites (tertiary alicyclic amines) is 1. The fourth-order valence-electron chi connectivity index (χ4n) is 5.38. The lowest BCUT2D eigenvalue weighted by Crippen LogP contribution is -2.52. The van der Waals surface area contributed by atoms with Crippen LogP contribution in [0.4, 0.5) is 5.95 Å². The number of anilines is 1. The Morgan fingerprint density at radius 2 is 1.77 bits per heavy atom. The van der Waals surface area contributed by atoms with E-state index in [0.717, 1.165) is 12.8 Å². The van der Waals surface area contributed by atoms with Gasteiger partial charge in [-0.2, -0.15) is 0 Å². The highest BCUT2D eigenvalue weighted by molar-refractivity contribution is 7.93. The Morgan fingerprint density at radius 1 is 1.09 bits per heavy atom. The minimum Gasteiger partial charge on any atom is -0.494 e. The van der Waals surface area contributed by atoms with E-state index < -0.39 is 23.3 Å². The lowest BCUT2D eigenvalue weighted by Gasteiger charge is -2.38. The predicted molar refractivity (Wildman–Crippen MR) is 172 cm³/mol. The number of piperidine rings is 1. The van der Waals surface area contributed by atoms with E-state index >= 15 is 0 Å². The third-order valence-corrected chi connectivity index (χ3v) is 11.7. The van der Waals surface area contributed by atoms with Crippen LogP contribution in [0, 0.1) is 6.92 Å². The van der Waals surface area contributed by atoms with Gasteiger partial charge in [0.2, 0.25) is 27.7 Å². The van der Waals surface area contributed by atoms with Gasteiger partial charge in [-0.15, -0.1) is 10.2 Å². The van der Waals surface area contributed by atoms with Crippen LogP contribution >= 0.6 is 0 Å². The SMILES string of the molecule is COC[C@@H]1CCCC(=O)N1CC(C)S(=O)(=O)N(CC[Si](C)(C)C)c1nnc(-c2ccc(C)o2)n1-c1c(OC)cccc1OC. The molecular formula is C30H45N5O7SSi. The maximum Gasteiger partial charge on any atom is 0.246 e. The Morgan fingerprint density at radius 3 is 2.34 bits per heavy atom. The van der Waals surface area contributed by atoms with E-state index in [-0.39, 0.29) is 31.0 Å². The molecule has 4 rings (SSSR count). The van der Waals surface area contributed by atoms with Crippen LogP contribution in [0.5, 0.6) is 11.5 Å². The Labute approximate surface area is 261 Å². The fraction of sp³-hybridized carbons (Fsp3) is 0.567. The van der Waals surface area contributed by atoms with Crippen molar-refractivity contribution >= 4 is 30.0 Å². The number of sulfonamides is 1. The van der Waals surface area contributed by atoms with Crippen LogP contribution in [-0.2, 0) is 19.6 Å². The van der Waals surface area contributed by atoms with E-state index in [1.807, 2.05) is 6.92 Å². The average molecular weight is 648 g/mol. The first-order chi connectivity index (χ1) is 20.8. The molecule has 1 aliphatic rings. The Kier molecular flexibility index (Phi) is 10.5. The topological polar surface area (TPSA) is 129 Å². The maximum absolute atomic E-state index is 14.6. The monoisotopic (exact) mass is 647 g/mol. The number of furan rings is 1. The van der Waals surface area contributed by atoms with Crippen molar-refractivity contribution in [2.75, 3.05) is 45.3 Å². The summed E-state index contributed by atoms with van der Waals surface area (Å²) in [6, 6.07) is 9.38. The van der Waals surface area contributed by atoms with E-state index in [4.69, 9.17) is 18.6 Å². The number of aryl methyl sites for hydroxylation is 1. The van der Waals surface area contributed by atoms with Crippen LogP contribution in [0.25, 0.3) is 17.3 Å². The first kappa shape index (κ1) is 33.5. The highest BCUT2D eigenvalue weighted by atomic mass is 32.2. The molecule has 0 bridgehead atoms. The molecule has 0 aliphatic carbocycles. The zero-order valence-electron chi connectivity index (χ0n) is 27.0. The van der Waals surface area contributed by atoms with Gasteiger partial charge in [0, 0.05) is 34.7 Å². The van der Waals surface area contributed by atoms with Gasteiger partial charge in [0.1, 0.15) is 22.9 Å². The molecule has 1 saturated heterocycles. The Bertz CT molecular complexity index is 1520. The summed E-state index contributed by atoms with van der Waals surface area (Å²) < 4.78 is 55.0. The van der Waals surface area contributed by atoms with Crippen molar-refractivity contribution < 1.29 is 31.8 Å². The first-order valence-corrected chi connectivity index (χ1v) is 20.1. The van der Waals surface area contributed by atoms with Crippen LogP contribution in [0.1, 0.15) is 31.9 Å². The lowest BCUT2D eigenvalue weighted by molar-refractivity contribution is -0.137. The van der Waals surface area contributed by atoms with Crippen molar-refractivity contribution in [2.24, 2.45) is 0 Å². The molecule has 1 aliphatic heterocycles. The highest BCUT2D eigenvalue weighted by Gasteiger charge is 2.39. The second kappa shape index (κ2) is 13.7. The van der Waals surface area contributed by atoms with Crippen molar-refractivity contribution in [2.45, 2.75) is 70.1 Å². The third-order valence-electron chi connectivity index (χ3n) is 7.84. The third kappa shape index (κ3) is 7.13. The van der Waals surface area contributed by atoms with E-state index in [9.17, 15) is 13.2 Å². The summed E-state index contributed by atoms with van der Waals surface area (Å²) in [7, 11) is -1.17. The van der Waals surface area contributed by atoms with Crippen molar-refractivity contribution in [3.05, 3.63) is 36.1 Å². The number of nitrogens with zero attached hydrogens (tertiary/aromatic N) is 5. The van der Waals surface area contributed by atoms with Gasteiger partial charge in [-0.3, -0.25) is 9.36 Å². The molecule has 3 aromatic rings. The molecule has 0 saturated carbocycles. The number of para-hydroxylation sites is 1. The average Bonchev–Trinajstić information content (AvgIpc) is 3.59. The Hall–Kier alpha value is -3.36. The van der Waals surface area contributed by atoms with Gasteiger partial charge in [0.05, 0.1) is 32.1 Å². The number of ether oxygens (including phenoxy) is 3. The zero-order valence-corrected chi connectivity index (χ0v) is 28.8. The second-order valence-electron chi connectivity index (χ2n) is 12.4. The van der Waals surface area contributed by atoms with Crippen molar-refractivity contribution in [1.82, 2.24) is 19.7 Å². The van der Waals surface area contributed by atoms with Gasteiger partial charge >= 0.3 is 0 Å². The number of rotatable bonds is 14. The van der Waals surface area contributed by atoms with E-state index in [1.54, 1.807) is 53.8 Å². The molecule has 1 aromatic carbocycles. The largest absolute Gasteiger partial charge is 0.494 e. The molecular weight excluding hydrogens is 603 g/mol. The van der Waals surface area contributed by atoms with Crippen LogP contribution < -0.4 is 13.8 Å². The number of carbonyl (C=O) groups is 1. The standard InChI is InChI=1S/C30H45N5O7SSi/c1-21-15-16-26(42-21)29-31-32-30(35(29)28-24(40-4)12-10-13-25(28)41-5)34(17-18-44(6,7)8)43(37,38)22(2)19-33-23(20-39-3)11-9-14-27(33)36/h10,12-13,15-16,22-23H,9,11,14,17-20H2,1-8H3/t22?,23-/m0/s1. The summed E-state index contributed by atoms with van der Waals surface area (Å²) >= 11 is 0. The van der Waals surface area contributed by atoms with Crippen LogP contribution in [-0.4, -0.2) is 94.4 Å². The van der Waals surface area contributed by atoms with Gasteiger partial charge in [-0.1, -0.05) is 25.7 Å². The van der Waals surface area contributed by atoms with Gasteiger partial charge in [-0.05, 0) is 57.0 Å². The highest BCUT2D eigenvalue weighted by Crippen LogP contribution is 2.40. The molecule has 44 heavy (non-hydrogen) atoms. The summed E-state index contributed by atoms with van der Waals surface area (Å²) in [5, 5.41) is 8.01. The molecule has 0 N–H and O–H groups in total. The van der Waals surface area contributed by atoms with Crippen molar-refractivity contribution in [1.29, 1.82) is 0 Å². The number of hydrogen-bond acceptors (Lipinski definition) is 9. The number of amides is 1. The summed E-state index contributed by atoms with van der Waals surface area (Å²) in [4.78, 5) is 14.6. The lowest BCUT2D eigenvalue weighted by atomic mass is 10.0. The molecule has 0 radical (unpaired) electrons. The molecule has 3 heterocycles. The minimum absolute atomic E-state index is 0.0367. The normalized spacial score (nSPS) is 16.7. The number of benzene rings is 1.